The van der Waals surface area contributed by atoms with Crippen LogP contribution in [-0.2, 0) is 4.79 Å². The van der Waals surface area contributed by atoms with Crippen molar-refractivity contribution in [3.8, 4) is 0 Å². The predicted octanol–water partition coefficient (Wildman–Crippen LogP) is 0.165. The molecule has 0 saturated heterocycles. The quantitative estimate of drug-likeness (QED) is 0.400. The van der Waals surface area contributed by atoms with Crippen LogP contribution in [0.4, 0.5) is 0 Å². The van der Waals surface area contributed by atoms with E-state index in [1.165, 1.54) is 0 Å². The van der Waals surface area contributed by atoms with Crippen LogP contribution in [0, 0.1) is 0 Å². The van der Waals surface area contributed by atoms with Crippen molar-refractivity contribution in [2.24, 2.45) is 0 Å². The third kappa shape index (κ3) is 3.15. The van der Waals surface area contributed by atoms with Gasteiger partial charge in [-0.05, 0) is 39.7 Å². The average Bonchev–Trinajstić information content (AvgIpc) is 2.22. The number of rotatable bonds is 3. The topological polar surface area (TPSA) is 81.6 Å². The van der Waals surface area contributed by atoms with Crippen molar-refractivity contribution >= 4 is 5.91 Å². The van der Waals surface area contributed by atoms with E-state index >= 15 is 0 Å². The highest BCUT2D eigenvalue weighted by Crippen LogP contribution is 2.36. The first kappa shape index (κ1) is 12.4. The smallest absolute Gasteiger partial charge is 0.245 e. The molecule has 0 aromatic rings. The molecule has 0 aromatic carbocycles. The molecule has 1 saturated carbocycles. The molecule has 0 spiro atoms. The molecule has 0 radical (unpaired) electrons. The Hall–Kier alpha value is -0.650. The van der Waals surface area contributed by atoms with Gasteiger partial charge in [0.05, 0.1) is 5.60 Å². The molecule has 1 amide bonds. The number of nitrogens with one attached hydrogen (secondary N) is 2. The molecule has 1 aliphatic rings. The fourth-order valence-corrected chi connectivity index (χ4v) is 2.13. The van der Waals surface area contributed by atoms with Crippen molar-refractivity contribution in [1.82, 2.24) is 10.8 Å². The van der Waals surface area contributed by atoms with Gasteiger partial charge in [0.25, 0.3) is 0 Å². The van der Waals surface area contributed by atoms with Crippen LogP contribution in [0.1, 0.15) is 39.0 Å². The maximum atomic E-state index is 11.1. The molecule has 0 bridgehead atoms. The molecule has 15 heavy (non-hydrogen) atoms. The zero-order chi connectivity index (χ0) is 11.5. The first-order valence-electron chi connectivity index (χ1n) is 5.27. The number of carbonyl (C=O) groups excluding carboxylic acids is 1. The maximum Gasteiger partial charge on any atom is 0.245 e. The molecule has 5 nitrogen and oxygen atoms in total. The van der Waals surface area contributed by atoms with E-state index in [-0.39, 0.29) is 17.9 Å². The van der Waals surface area contributed by atoms with Crippen LogP contribution in [0.2, 0.25) is 0 Å². The summed E-state index contributed by atoms with van der Waals surface area (Å²) in [5, 5.41) is 21.5. The molecule has 4 N–H and O–H groups in total. The molecule has 1 aliphatic carbocycles. The van der Waals surface area contributed by atoms with Gasteiger partial charge in [-0.2, -0.15) is 0 Å². The number of amides is 1. The fourth-order valence-electron chi connectivity index (χ4n) is 2.13. The van der Waals surface area contributed by atoms with Crippen molar-refractivity contribution in [1.29, 1.82) is 0 Å². The first-order chi connectivity index (χ1) is 6.93. The molecular weight excluding hydrogens is 196 g/mol. The lowest BCUT2D eigenvalue weighted by Gasteiger charge is -2.42. The summed E-state index contributed by atoms with van der Waals surface area (Å²) in [6, 6.07) is 0. The fraction of sp³-hybridized carbons (Fsp3) is 0.900. The molecule has 5 heteroatoms. The Bertz CT molecular complexity index is 231. The molecule has 0 unspecified atom stereocenters. The van der Waals surface area contributed by atoms with Crippen molar-refractivity contribution < 1.29 is 15.1 Å². The molecule has 1 rings (SSSR count). The normalized spacial score (nSPS) is 36.3. The van der Waals surface area contributed by atoms with Crippen LogP contribution in [0.25, 0.3) is 0 Å². The van der Waals surface area contributed by atoms with Gasteiger partial charge in [0.2, 0.25) is 5.91 Å². The van der Waals surface area contributed by atoms with Gasteiger partial charge in [-0.3, -0.25) is 10.0 Å². The molecular formula is C10H20N2O3. The van der Waals surface area contributed by atoms with Gasteiger partial charge in [-0.15, -0.1) is 0 Å². The zero-order valence-electron chi connectivity index (χ0n) is 9.34. The minimum Gasteiger partial charge on any atom is -0.390 e. The van der Waals surface area contributed by atoms with Crippen LogP contribution in [0.5, 0.6) is 0 Å². The number of hydrogen-bond donors (Lipinski definition) is 4. The number of hydroxylamine groups is 1. The van der Waals surface area contributed by atoms with Crippen LogP contribution < -0.4 is 10.8 Å². The minimum absolute atomic E-state index is 0.246. The largest absolute Gasteiger partial charge is 0.390 e. The Labute approximate surface area is 89.8 Å². The van der Waals surface area contributed by atoms with Crippen LogP contribution in [0.15, 0.2) is 0 Å². The Kier molecular flexibility index (Phi) is 3.70. The molecule has 0 aromatic heterocycles. The van der Waals surface area contributed by atoms with E-state index in [4.69, 9.17) is 5.21 Å². The Morgan fingerprint density at radius 1 is 1.33 bits per heavy atom. The van der Waals surface area contributed by atoms with Gasteiger partial charge in [-0.1, -0.05) is 0 Å². The highest BCUT2D eigenvalue weighted by molar-refractivity contribution is 5.76. The summed E-state index contributed by atoms with van der Waals surface area (Å²) in [5.74, 6) is -0.383. The number of hydrogen-bond acceptors (Lipinski definition) is 4. The Balaban J connectivity index is 2.60. The molecule has 0 aliphatic heterocycles. The van der Waals surface area contributed by atoms with Gasteiger partial charge in [0.15, 0.2) is 0 Å². The van der Waals surface area contributed by atoms with Crippen LogP contribution in [0.3, 0.4) is 0 Å². The number of carbonyl (C=O) groups is 1. The predicted molar refractivity (Wildman–Crippen MR) is 55.4 cm³/mol. The molecule has 0 atom stereocenters. The first-order valence-corrected chi connectivity index (χ1v) is 5.27. The SMILES string of the molecule is CNC1(CC(=O)NO)CCC(C)(O)CC1. The highest BCUT2D eigenvalue weighted by atomic mass is 16.5. The van der Waals surface area contributed by atoms with E-state index < -0.39 is 5.60 Å². The maximum absolute atomic E-state index is 11.1. The van der Waals surface area contributed by atoms with Crippen molar-refractivity contribution in [2.45, 2.75) is 50.2 Å². The van der Waals surface area contributed by atoms with E-state index in [1.54, 1.807) is 5.48 Å². The Morgan fingerprint density at radius 3 is 2.27 bits per heavy atom. The zero-order valence-corrected chi connectivity index (χ0v) is 9.34. The van der Waals surface area contributed by atoms with Gasteiger partial charge in [0.1, 0.15) is 0 Å². The minimum atomic E-state index is -0.615. The average molecular weight is 216 g/mol. The summed E-state index contributed by atoms with van der Waals surface area (Å²) in [4.78, 5) is 11.1. The van der Waals surface area contributed by atoms with Crippen molar-refractivity contribution in [2.75, 3.05) is 7.05 Å². The van der Waals surface area contributed by atoms with E-state index in [0.29, 0.717) is 12.8 Å². The third-order valence-electron chi connectivity index (χ3n) is 3.44. The summed E-state index contributed by atoms with van der Waals surface area (Å²) < 4.78 is 0. The van der Waals surface area contributed by atoms with E-state index in [0.717, 1.165) is 12.8 Å². The van der Waals surface area contributed by atoms with Crippen LogP contribution >= 0.6 is 0 Å². The lowest BCUT2D eigenvalue weighted by atomic mass is 9.73. The standard InChI is InChI=1S/C10H20N2O3/c1-9(14)3-5-10(11-2,6-4-9)7-8(13)12-15/h11,14-15H,3-7H2,1-2H3,(H,12,13). The lowest BCUT2D eigenvalue weighted by Crippen LogP contribution is -2.51. The van der Waals surface area contributed by atoms with Gasteiger partial charge in [0, 0.05) is 12.0 Å². The second kappa shape index (κ2) is 4.47. The molecule has 88 valence electrons. The number of aliphatic hydroxyl groups is 1. The van der Waals surface area contributed by atoms with Crippen LogP contribution in [-0.4, -0.2) is 34.4 Å². The van der Waals surface area contributed by atoms with E-state index in [1.807, 2.05) is 14.0 Å². The third-order valence-corrected chi connectivity index (χ3v) is 3.44. The summed E-state index contributed by atoms with van der Waals surface area (Å²) >= 11 is 0. The van der Waals surface area contributed by atoms with Gasteiger partial charge in [-0.25, -0.2) is 5.48 Å². The second-order valence-corrected chi connectivity index (χ2v) is 4.74. The summed E-state index contributed by atoms with van der Waals surface area (Å²) in [6.45, 7) is 1.82. The molecule has 0 heterocycles. The molecule has 1 fully saturated rings. The Morgan fingerprint density at radius 2 is 1.87 bits per heavy atom. The van der Waals surface area contributed by atoms with Crippen molar-refractivity contribution in [3.05, 3.63) is 0 Å². The van der Waals surface area contributed by atoms with Gasteiger partial charge < -0.3 is 10.4 Å². The summed E-state index contributed by atoms with van der Waals surface area (Å²) in [7, 11) is 1.81. The second-order valence-electron chi connectivity index (χ2n) is 4.74. The van der Waals surface area contributed by atoms with E-state index in [9.17, 15) is 9.90 Å². The monoisotopic (exact) mass is 216 g/mol. The van der Waals surface area contributed by atoms with Crippen molar-refractivity contribution in [3.63, 3.8) is 0 Å². The lowest BCUT2D eigenvalue weighted by molar-refractivity contribution is -0.131. The summed E-state index contributed by atoms with van der Waals surface area (Å²) in [6.07, 6.45) is 3.07. The van der Waals surface area contributed by atoms with Gasteiger partial charge >= 0.3 is 0 Å². The van der Waals surface area contributed by atoms with E-state index in [2.05, 4.69) is 5.32 Å². The summed E-state index contributed by atoms with van der Waals surface area (Å²) in [5.41, 5.74) is 0.753. The highest BCUT2D eigenvalue weighted by Gasteiger charge is 2.39.